The van der Waals surface area contributed by atoms with Gasteiger partial charge < -0.3 is 15.5 Å². The van der Waals surface area contributed by atoms with E-state index in [2.05, 4.69) is 20.5 Å². The third-order valence-corrected chi connectivity index (χ3v) is 5.03. The lowest BCUT2D eigenvalue weighted by molar-refractivity contribution is 0.102. The van der Waals surface area contributed by atoms with Crippen LogP contribution < -0.4 is 15.5 Å². The smallest absolute Gasteiger partial charge is 0.274 e. The van der Waals surface area contributed by atoms with Gasteiger partial charge in [-0.05, 0) is 55.3 Å². The van der Waals surface area contributed by atoms with E-state index in [-0.39, 0.29) is 11.7 Å². The van der Waals surface area contributed by atoms with Crippen molar-refractivity contribution in [2.75, 3.05) is 28.6 Å². The van der Waals surface area contributed by atoms with Crippen molar-refractivity contribution in [3.8, 4) is 0 Å². The first-order valence-electron chi connectivity index (χ1n) is 9.79. The molecule has 1 saturated heterocycles. The molecule has 0 radical (unpaired) electrons. The summed E-state index contributed by atoms with van der Waals surface area (Å²) in [7, 11) is 0. The zero-order valence-electron chi connectivity index (χ0n) is 16.1. The quantitative estimate of drug-likeness (QED) is 0.641. The molecule has 1 amide bonds. The number of anilines is 3. The number of aromatic nitrogens is 1. The highest BCUT2D eigenvalue weighted by molar-refractivity contribution is 6.03. The van der Waals surface area contributed by atoms with Gasteiger partial charge in [-0.15, -0.1) is 0 Å². The number of carbonyl (C=O) groups excluding carboxylic acids is 1. The summed E-state index contributed by atoms with van der Waals surface area (Å²) in [4.78, 5) is 19.1. The molecule has 148 valence electrons. The number of amides is 1. The van der Waals surface area contributed by atoms with E-state index < -0.39 is 0 Å². The van der Waals surface area contributed by atoms with Crippen molar-refractivity contribution in [1.82, 2.24) is 4.98 Å². The van der Waals surface area contributed by atoms with Gasteiger partial charge in [-0.3, -0.25) is 9.78 Å². The molecular formula is C23H23FN4O. The van der Waals surface area contributed by atoms with Crippen molar-refractivity contribution in [1.29, 1.82) is 0 Å². The van der Waals surface area contributed by atoms with E-state index in [0.29, 0.717) is 23.5 Å². The molecule has 0 bridgehead atoms. The predicted molar refractivity (Wildman–Crippen MR) is 114 cm³/mol. The van der Waals surface area contributed by atoms with E-state index >= 15 is 0 Å². The van der Waals surface area contributed by atoms with Crippen LogP contribution in [0, 0.1) is 5.82 Å². The van der Waals surface area contributed by atoms with Crippen molar-refractivity contribution in [2.45, 2.75) is 19.4 Å². The summed E-state index contributed by atoms with van der Waals surface area (Å²) >= 11 is 0. The minimum absolute atomic E-state index is 0.260. The zero-order chi connectivity index (χ0) is 20.1. The highest BCUT2D eigenvalue weighted by atomic mass is 19.1. The van der Waals surface area contributed by atoms with E-state index in [4.69, 9.17) is 0 Å². The Balaban J connectivity index is 1.38. The van der Waals surface area contributed by atoms with Gasteiger partial charge in [-0.1, -0.05) is 18.2 Å². The van der Waals surface area contributed by atoms with Gasteiger partial charge >= 0.3 is 0 Å². The molecule has 0 saturated carbocycles. The molecule has 1 fully saturated rings. The molecule has 3 aromatic rings. The van der Waals surface area contributed by atoms with E-state index in [1.54, 1.807) is 36.5 Å². The van der Waals surface area contributed by atoms with Crippen molar-refractivity contribution in [3.63, 3.8) is 0 Å². The average molecular weight is 390 g/mol. The summed E-state index contributed by atoms with van der Waals surface area (Å²) < 4.78 is 13.7. The van der Waals surface area contributed by atoms with E-state index in [1.165, 1.54) is 24.6 Å². The molecular weight excluding hydrogens is 367 g/mol. The molecule has 0 unspecified atom stereocenters. The number of hydrogen-bond donors (Lipinski definition) is 2. The van der Waals surface area contributed by atoms with Crippen LogP contribution in [-0.2, 0) is 6.54 Å². The summed E-state index contributed by atoms with van der Waals surface area (Å²) in [6, 6.07) is 17.9. The highest BCUT2D eigenvalue weighted by Gasteiger charge is 2.13. The topological polar surface area (TPSA) is 57.3 Å². The van der Waals surface area contributed by atoms with E-state index in [1.807, 2.05) is 24.3 Å². The summed E-state index contributed by atoms with van der Waals surface area (Å²) in [5.74, 6) is -0.544. The number of hydrogen-bond acceptors (Lipinski definition) is 4. The van der Waals surface area contributed by atoms with Gasteiger partial charge in [0.05, 0.1) is 0 Å². The van der Waals surface area contributed by atoms with Crippen LogP contribution in [0.4, 0.5) is 21.5 Å². The number of pyridine rings is 1. The van der Waals surface area contributed by atoms with Crippen LogP contribution in [0.15, 0.2) is 66.9 Å². The Labute approximate surface area is 169 Å². The zero-order valence-corrected chi connectivity index (χ0v) is 16.1. The molecule has 4 rings (SSSR count). The van der Waals surface area contributed by atoms with Crippen LogP contribution in [-0.4, -0.2) is 24.0 Å². The Bertz CT molecular complexity index is 984. The molecule has 1 aliphatic rings. The first-order chi connectivity index (χ1) is 14.2. The molecule has 2 aromatic carbocycles. The summed E-state index contributed by atoms with van der Waals surface area (Å²) in [5.41, 5.74) is 3.47. The van der Waals surface area contributed by atoms with Gasteiger partial charge in [0.25, 0.3) is 5.91 Å². The predicted octanol–water partition coefficient (Wildman–Crippen LogP) is 4.69. The standard InChI is InChI=1S/C23H23FN4O/c24-21-6-2-1-5-17(21)16-26-19-11-12-25-22(15-19)23(29)27-18-7-9-20(10-8-18)28-13-3-4-14-28/h1-2,5-12,15H,3-4,13-14,16H2,(H,25,26)(H,27,29). The van der Waals surface area contributed by atoms with Crippen molar-refractivity contribution in [2.24, 2.45) is 0 Å². The van der Waals surface area contributed by atoms with Crippen molar-refractivity contribution in [3.05, 3.63) is 83.9 Å². The maximum atomic E-state index is 13.7. The fraction of sp³-hybridized carbons (Fsp3) is 0.217. The molecule has 6 heteroatoms. The van der Waals surface area contributed by atoms with Crippen molar-refractivity contribution >= 4 is 23.0 Å². The lowest BCUT2D eigenvalue weighted by atomic mass is 10.2. The van der Waals surface area contributed by atoms with Crippen LogP contribution in [0.2, 0.25) is 0 Å². The normalized spacial score (nSPS) is 13.3. The number of carbonyl (C=O) groups is 1. The molecule has 1 aromatic heterocycles. The second-order valence-electron chi connectivity index (χ2n) is 7.07. The molecule has 1 aliphatic heterocycles. The fourth-order valence-corrected chi connectivity index (χ4v) is 3.43. The largest absolute Gasteiger partial charge is 0.381 e. The maximum Gasteiger partial charge on any atom is 0.274 e. The summed E-state index contributed by atoms with van der Waals surface area (Å²) in [5, 5.41) is 6.01. The third kappa shape index (κ3) is 4.71. The van der Waals surface area contributed by atoms with E-state index in [9.17, 15) is 9.18 Å². The maximum absolute atomic E-state index is 13.7. The lowest BCUT2D eigenvalue weighted by Gasteiger charge is -2.17. The SMILES string of the molecule is O=C(Nc1ccc(N2CCCC2)cc1)c1cc(NCc2ccccc2F)ccn1. The monoisotopic (exact) mass is 390 g/mol. The number of benzene rings is 2. The molecule has 0 aliphatic carbocycles. The second-order valence-corrected chi connectivity index (χ2v) is 7.07. The van der Waals surface area contributed by atoms with E-state index in [0.717, 1.165) is 18.8 Å². The third-order valence-electron chi connectivity index (χ3n) is 5.03. The summed E-state index contributed by atoms with van der Waals surface area (Å²) in [6.07, 6.45) is 4.02. The van der Waals surface area contributed by atoms with Crippen LogP contribution in [0.25, 0.3) is 0 Å². The van der Waals surface area contributed by atoms with Gasteiger partial charge in [0, 0.05) is 48.5 Å². The van der Waals surface area contributed by atoms with Crippen molar-refractivity contribution < 1.29 is 9.18 Å². The lowest BCUT2D eigenvalue weighted by Crippen LogP contribution is -2.17. The Morgan fingerprint density at radius 2 is 1.76 bits per heavy atom. The first-order valence-corrected chi connectivity index (χ1v) is 9.79. The van der Waals surface area contributed by atoms with Gasteiger partial charge in [0.15, 0.2) is 0 Å². The number of halogens is 1. The Hall–Kier alpha value is -3.41. The fourth-order valence-electron chi connectivity index (χ4n) is 3.43. The molecule has 0 spiro atoms. The van der Waals surface area contributed by atoms with Crippen LogP contribution in [0.1, 0.15) is 28.9 Å². The molecule has 5 nitrogen and oxygen atoms in total. The highest BCUT2D eigenvalue weighted by Crippen LogP contribution is 2.22. The molecule has 2 N–H and O–H groups in total. The second kappa shape index (κ2) is 8.73. The molecule has 2 heterocycles. The minimum atomic E-state index is -0.284. The number of nitrogens with zero attached hydrogens (tertiary/aromatic N) is 2. The number of rotatable bonds is 6. The van der Waals surface area contributed by atoms with Crippen LogP contribution in [0.3, 0.4) is 0 Å². The van der Waals surface area contributed by atoms with Gasteiger partial charge in [-0.25, -0.2) is 4.39 Å². The Morgan fingerprint density at radius 3 is 2.52 bits per heavy atom. The van der Waals surface area contributed by atoms with Crippen LogP contribution in [0.5, 0.6) is 0 Å². The van der Waals surface area contributed by atoms with Gasteiger partial charge in [-0.2, -0.15) is 0 Å². The molecule has 29 heavy (non-hydrogen) atoms. The van der Waals surface area contributed by atoms with Gasteiger partial charge in [0.1, 0.15) is 11.5 Å². The Morgan fingerprint density at radius 1 is 1.00 bits per heavy atom. The minimum Gasteiger partial charge on any atom is -0.381 e. The molecule has 0 atom stereocenters. The Kier molecular flexibility index (Phi) is 5.70. The average Bonchev–Trinajstić information content (AvgIpc) is 3.29. The summed E-state index contributed by atoms with van der Waals surface area (Å²) in [6.45, 7) is 2.50. The van der Waals surface area contributed by atoms with Crippen LogP contribution >= 0.6 is 0 Å². The number of nitrogens with one attached hydrogen (secondary N) is 2. The van der Waals surface area contributed by atoms with Gasteiger partial charge in [0.2, 0.25) is 0 Å². The first kappa shape index (κ1) is 18.9.